The van der Waals surface area contributed by atoms with E-state index in [2.05, 4.69) is 59.2 Å². The van der Waals surface area contributed by atoms with Gasteiger partial charge in [-0.2, -0.15) is 14.6 Å². The molecule has 0 radical (unpaired) electrons. The van der Waals surface area contributed by atoms with Gasteiger partial charge in [-0.1, -0.05) is 0 Å². The van der Waals surface area contributed by atoms with Gasteiger partial charge in [0.05, 0.1) is 13.2 Å². The van der Waals surface area contributed by atoms with Crippen molar-refractivity contribution in [2.24, 2.45) is 0 Å². The summed E-state index contributed by atoms with van der Waals surface area (Å²) in [6.07, 6.45) is 1.73. The molecule has 0 saturated carbocycles. The van der Waals surface area contributed by atoms with Gasteiger partial charge in [-0.15, -0.1) is 5.10 Å². The minimum absolute atomic E-state index is 0.264. The molecule has 32 heavy (non-hydrogen) atoms. The predicted octanol–water partition coefficient (Wildman–Crippen LogP) is 0.972. The molecule has 2 saturated heterocycles. The first kappa shape index (κ1) is 20.5. The van der Waals surface area contributed by atoms with Crippen LogP contribution in [-0.2, 0) is 4.74 Å². The predicted molar refractivity (Wildman–Crippen MR) is 124 cm³/mol. The topological polar surface area (TPSA) is 113 Å². The van der Waals surface area contributed by atoms with Gasteiger partial charge in [-0.05, 0) is 31.3 Å². The third-order valence-electron chi connectivity index (χ3n) is 5.76. The fraction of sp³-hybridized carbons (Fsp3) is 0.429. The van der Waals surface area contributed by atoms with Crippen molar-refractivity contribution in [2.75, 3.05) is 80.4 Å². The Bertz CT molecular complexity index is 1040. The molecule has 5 rings (SSSR count). The molecule has 0 unspecified atom stereocenters. The fourth-order valence-electron chi connectivity index (χ4n) is 3.87. The van der Waals surface area contributed by atoms with E-state index in [1.807, 2.05) is 12.1 Å². The molecule has 3 N–H and O–H groups in total. The maximum atomic E-state index is 6.15. The number of nitrogens with one attached hydrogen (secondary N) is 1. The summed E-state index contributed by atoms with van der Waals surface area (Å²) in [5, 5.41) is 7.73. The van der Waals surface area contributed by atoms with Gasteiger partial charge in [-0.25, -0.2) is 4.98 Å². The van der Waals surface area contributed by atoms with Crippen molar-refractivity contribution in [3.8, 4) is 5.82 Å². The number of rotatable bonds is 5. The molecule has 0 aliphatic carbocycles. The zero-order valence-corrected chi connectivity index (χ0v) is 18.2. The molecule has 2 aromatic heterocycles. The van der Waals surface area contributed by atoms with Crippen LogP contribution in [0.4, 0.5) is 29.2 Å². The SMILES string of the molecule is CN1CCN(c2nccc(-n3nc(Nc4ccc(N5CCOCC5)cc4)nc3N)n2)CC1. The molecule has 11 heteroatoms. The molecule has 0 spiro atoms. The van der Waals surface area contributed by atoms with Crippen molar-refractivity contribution < 1.29 is 4.74 Å². The second-order valence-electron chi connectivity index (χ2n) is 7.98. The number of hydrogen-bond donors (Lipinski definition) is 2. The van der Waals surface area contributed by atoms with E-state index < -0.39 is 0 Å². The highest BCUT2D eigenvalue weighted by molar-refractivity contribution is 5.60. The Labute approximate surface area is 186 Å². The zero-order chi connectivity index (χ0) is 21.9. The number of hydrogen-bond acceptors (Lipinski definition) is 10. The molecule has 11 nitrogen and oxygen atoms in total. The zero-order valence-electron chi connectivity index (χ0n) is 18.2. The van der Waals surface area contributed by atoms with E-state index in [0.29, 0.717) is 17.7 Å². The summed E-state index contributed by atoms with van der Waals surface area (Å²) < 4.78 is 6.96. The summed E-state index contributed by atoms with van der Waals surface area (Å²) in [4.78, 5) is 20.2. The van der Waals surface area contributed by atoms with Gasteiger partial charge in [0.1, 0.15) is 0 Å². The molecule has 2 aliphatic heterocycles. The van der Waals surface area contributed by atoms with E-state index in [0.717, 1.165) is 58.2 Å². The number of aromatic nitrogens is 5. The summed E-state index contributed by atoms with van der Waals surface area (Å²) in [7, 11) is 2.12. The number of morpholine rings is 1. The molecular weight excluding hydrogens is 408 g/mol. The summed E-state index contributed by atoms with van der Waals surface area (Å²) >= 11 is 0. The van der Waals surface area contributed by atoms with Crippen LogP contribution < -0.4 is 20.9 Å². The van der Waals surface area contributed by atoms with Crippen molar-refractivity contribution in [3.05, 3.63) is 36.5 Å². The van der Waals surface area contributed by atoms with Gasteiger partial charge in [0.15, 0.2) is 5.82 Å². The van der Waals surface area contributed by atoms with Crippen LogP contribution in [0.1, 0.15) is 0 Å². The van der Waals surface area contributed by atoms with E-state index in [9.17, 15) is 0 Å². The first-order valence-corrected chi connectivity index (χ1v) is 10.8. The normalized spacial score (nSPS) is 17.5. The molecule has 1 aromatic carbocycles. The molecule has 2 aliphatic rings. The van der Waals surface area contributed by atoms with Crippen LogP contribution in [0.2, 0.25) is 0 Å². The van der Waals surface area contributed by atoms with Crippen LogP contribution >= 0.6 is 0 Å². The standard InChI is InChI=1S/C21H28N10O/c1-28-8-10-30(11-9-28)21-23-7-6-18(25-21)31-19(22)26-20(27-31)24-16-2-4-17(5-3-16)29-12-14-32-15-13-29/h2-7H,8-15H2,1H3,(H3,22,24,26,27). The molecule has 0 amide bonds. The number of piperazine rings is 1. The van der Waals surface area contributed by atoms with Gasteiger partial charge >= 0.3 is 0 Å². The van der Waals surface area contributed by atoms with Gasteiger partial charge in [-0.3, -0.25) is 0 Å². The van der Waals surface area contributed by atoms with Crippen molar-refractivity contribution in [1.82, 2.24) is 29.6 Å². The van der Waals surface area contributed by atoms with E-state index in [4.69, 9.17) is 10.5 Å². The summed E-state index contributed by atoms with van der Waals surface area (Å²) in [5.74, 6) is 1.95. The Hall–Kier alpha value is -3.44. The lowest BCUT2D eigenvalue weighted by molar-refractivity contribution is 0.122. The van der Waals surface area contributed by atoms with Crippen LogP contribution in [0, 0.1) is 0 Å². The Morgan fingerprint density at radius 3 is 2.41 bits per heavy atom. The van der Waals surface area contributed by atoms with Crippen LogP contribution in [0.3, 0.4) is 0 Å². The lowest BCUT2D eigenvalue weighted by atomic mass is 10.2. The van der Waals surface area contributed by atoms with Crippen LogP contribution in [0.5, 0.6) is 0 Å². The Morgan fingerprint density at radius 2 is 1.66 bits per heavy atom. The number of nitrogens with two attached hydrogens (primary N) is 1. The Balaban J connectivity index is 1.29. The van der Waals surface area contributed by atoms with Gasteiger partial charge in [0.2, 0.25) is 17.8 Å². The number of likely N-dealkylation sites (N-methyl/N-ethyl adjacent to an activating group) is 1. The van der Waals surface area contributed by atoms with Crippen molar-refractivity contribution >= 4 is 29.2 Å². The van der Waals surface area contributed by atoms with Crippen LogP contribution in [0.15, 0.2) is 36.5 Å². The highest BCUT2D eigenvalue weighted by atomic mass is 16.5. The first-order chi connectivity index (χ1) is 15.7. The summed E-state index contributed by atoms with van der Waals surface area (Å²) in [6.45, 7) is 7.09. The van der Waals surface area contributed by atoms with Gasteiger partial charge in [0.25, 0.3) is 0 Å². The quantitative estimate of drug-likeness (QED) is 0.600. The number of anilines is 5. The monoisotopic (exact) mass is 436 g/mol. The third kappa shape index (κ3) is 4.43. The average Bonchev–Trinajstić information content (AvgIpc) is 3.20. The maximum Gasteiger partial charge on any atom is 0.248 e. The number of nitrogens with zero attached hydrogens (tertiary/aromatic N) is 8. The van der Waals surface area contributed by atoms with E-state index in [-0.39, 0.29) is 5.95 Å². The Morgan fingerprint density at radius 1 is 0.906 bits per heavy atom. The molecule has 0 bridgehead atoms. The van der Waals surface area contributed by atoms with E-state index in [1.54, 1.807) is 12.3 Å². The summed E-state index contributed by atoms with van der Waals surface area (Å²) in [6, 6.07) is 9.97. The minimum atomic E-state index is 0.264. The second kappa shape index (κ2) is 8.97. The summed E-state index contributed by atoms with van der Waals surface area (Å²) in [5.41, 5.74) is 8.21. The second-order valence-corrected chi connectivity index (χ2v) is 7.98. The minimum Gasteiger partial charge on any atom is -0.378 e. The third-order valence-corrected chi connectivity index (χ3v) is 5.76. The lowest BCUT2D eigenvalue weighted by Crippen LogP contribution is -2.45. The Kier molecular flexibility index (Phi) is 5.73. The highest BCUT2D eigenvalue weighted by Gasteiger charge is 2.18. The van der Waals surface area contributed by atoms with E-state index >= 15 is 0 Å². The maximum absolute atomic E-state index is 6.15. The molecule has 168 valence electrons. The van der Waals surface area contributed by atoms with Gasteiger partial charge < -0.3 is 30.5 Å². The molecule has 3 aromatic rings. The van der Waals surface area contributed by atoms with Gasteiger partial charge in [0, 0.05) is 62.9 Å². The van der Waals surface area contributed by atoms with Crippen molar-refractivity contribution in [2.45, 2.75) is 0 Å². The largest absolute Gasteiger partial charge is 0.378 e. The number of nitrogen functional groups attached to an aromatic ring is 1. The number of ether oxygens (including phenoxy) is 1. The number of benzene rings is 1. The average molecular weight is 437 g/mol. The highest BCUT2D eigenvalue weighted by Crippen LogP contribution is 2.22. The first-order valence-electron chi connectivity index (χ1n) is 10.8. The molecular formula is C21H28N10O. The van der Waals surface area contributed by atoms with Crippen molar-refractivity contribution in [3.63, 3.8) is 0 Å². The van der Waals surface area contributed by atoms with E-state index in [1.165, 1.54) is 10.4 Å². The molecule has 4 heterocycles. The lowest BCUT2D eigenvalue weighted by Gasteiger charge is -2.32. The smallest absolute Gasteiger partial charge is 0.248 e. The van der Waals surface area contributed by atoms with Crippen LogP contribution in [0.25, 0.3) is 5.82 Å². The fourth-order valence-corrected chi connectivity index (χ4v) is 3.87. The molecule has 0 atom stereocenters. The van der Waals surface area contributed by atoms with Crippen LogP contribution in [-0.4, -0.2) is 89.2 Å². The van der Waals surface area contributed by atoms with Crippen molar-refractivity contribution in [1.29, 1.82) is 0 Å². The molecule has 2 fully saturated rings.